The van der Waals surface area contributed by atoms with Crippen LogP contribution in [0.2, 0.25) is 5.02 Å². The van der Waals surface area contributed by atoms with Crippen molar-refractivity contribution in [2.45, 2.75) is 27.1 Å². The molecule has 2 rings (SSSR count). The van der Waals surface area contributed by atoms with E-state index < -0.39 is 0 Å². The van der Waals surface area contributed by atoms with Gasteiger partial charge in [0.15, 0.2) is 0 Å². The van der Waals surface area contributed by atoms with Crippen LogP contribution in [0.15, 0.2) is 30.3 Å². The standard InChI is InChI=1S/C16H16ClFO2/c1-10-3-4-12(8-19)16(11(10)2)20-9-13-5-6-14(18)7-15(13)17/h3-7,19H,8-9H2,1-2H3. The summed E-state index contributed by atoms with van der Waals surface area (Å²) in [4.78, 5) is 0. The lowest BCUT2D eigenvalue weighted by molar-refractivity contribution is 0.258. The Morgan fingerprint density at radius 2 is 1.85 bits per heavy atom. The van der Waals surface area contributed by atoms with Gasteiger partial charge in [-0.2, -0.15) is 0 Å². The summed E-state index contributed by atoms with van der Waals surface area (Å²) in [5, 5.41) is 9.70. The highest BCUT2D eigenvalue weighted by Gasteiger charge is 2.10. The second-order valence-electron chi connectivity index (χ2n) is 4.68. The number of rotatable bonds is 4. The van der Waals surface area contributed by atoms with Crippen LogP contribution < -0.4 is 4.74 Å². The third-order valence-corrected chi connectivity index (χ3v) is 3.67. The van der Waals surface area contributed by atoms with E-state index in [4.69, 9.17) is 16.3 Å². The van der Waals surface area contributed by atoms with Gasteiger partial charge in [0.25, 0.3) is 0 Å². The third kappa shape index (κ3) is 3.11. The molecule has 0 saturated heterocycles. The number of ether oxygens (including phenoxy) is 1. The Hall–Kier alpha value is -1.58. The molecular weight excluding hydrogens is 279 g/mol. The first-order valence-corrected chi connectivity index (χ1v) is 6.67. The predicted molar refractivity (Wildman–Crippen MR) is 77.6 cm³/mol. The molecule has 0 radical (unpaired) electrons. The number of aliphatic hydroxyl groups is 1. The Morgan fingerprint density at radius 3 is 2.50 bits per heavy atom. The predicted octanol–water partition coefficient (Wildman–Crippen LogP) is 4.17. The number of halogens is 2. The molecule has 0 aliphatic carbocycles. The maximum atomic E-state index is 13.0. The maximum absolute atomic E-state index is 13.0. The van der Waals surface area contributed by atoms with Gasteiger partial charge in [-0.25, -0.2) is 4.39 Å². The number of aliphatic hydroxyl groups excluding tert-OH is 1. The summed E-state index contributed by atoms with van der Waals surface area (Å²) in [6.07, 6.45) is 0. The fraction of sp³-hybridized carbons (Fsp3) is 0.250. The lowest BCUT2D eigenvalue weighted by Gasteiger charge is -2.15. The van der Waals surface area contributed by atoms with E-state index in [1.807, 2.05) is 26.0 Å². The van der Waals surface area contributed by atoms with Crippen molar-refractivity contribution in [1.29, 1.82) is 0 Å². The Kier molecular flexibility index (Phi) is 4.63. The molecule has 0 bridgehead atoms. The topological polar surface area (TPSA) is 29.5 Å². The highest BCUT2D eigenvalue weighted by molar-refractivity contribution is 6.31. The van der Waals surface area contributed by atoms with Gasteiger partial charge in [0, 0.05) is 11.1 Å². The largest absolute Gasteiger partial charge is 0.488 e. The Morgan fingerprint density at radius 1 is 1.15 bits per heavy atom. The van der Waals surface area contributed by atoms with Crippen molar-refractivity contribution in [3.05, 3.63) is 63.4 Å². The Bertz CT molecular complexity index is 626. The zero-order valence-electron chi connectivity index (χ0n) is 11.4. The van der Waals surface area contributed by atoms with E-state index in [0.717, 1.165) is 16.7 Å². The summed E-state index contributed by atoms with van der Waals surface area (Å²) < 4.78 is 18.8. The van der Waals surface area contributed by atoms with Crippen molar-refractivity contribution < 1.29 is 14.2 Å². The van der Waals surface area contributed by atoms with E-state index in [2.05, 4.69) is 0 Å². The molecular formula is C16H16ClFO2. The van der Waals surface area contributed by atoms with Crippen LogP contribution in [0.4, 0.5) is 4.39 Å². The fourth-order valence-corrected chi connectivity index (χ4v) is 2.18. The van der Waals surface area contributed by atoms with E-state index in [0.29, 0.717) is 16.3 Å². The van der Waals surface area contributed by atoms with Gasteiger partial charge in [-0.3, -0.25) is 0 Å². The lowest BCUT2D eigenvalue weighted by atomic mass is 10.0. The molecule has 0 unspecified atom stereocenters. The summed E-state index contributed by atoms with van der Waals surface area (Å²) >= 11 is 5.97. The van der Waals surface area contributed by atoms with Crippen molar-refractivity contribution in [3.8, 4) is 5.75 Å². The minimum absolute atomic E-state index is 0.0897. The summed E-state index contributed by atoms with van der Waals surface area (Å²) in [7, 11) is 0. The number of hydrogen-bond donors (Lipinski definition) is 1. The normalized spacial score (nSPS) is 10.7. The molecule has 0 amide bonds. The molecule has 20 heavy (non-hydrogen) atoms. The number of benzene rings is 2. The van der Waals surface area contributed by atoms with Gasteiger partial charge in [0.2, 0.25) is 0 Å². The molecule has 1 N–H and O–H groups in total. The fourth-order valence-electron chi connectivity index (χ4n) is 1.96. The van der Waals surface area contributed by atoms with E-state index in [1.165, 1.54) is 12.1 Å². The average Bonchev–Trinajstić information content (AvgIpc) is 2.42. The van der Waals surface area contributed by atoms with Crippen LogP contribution in [0.3, 0.4) is 0 Å². The van der Waals surface area contributed by atoms with Gasteiger partial charge < -0.3 is 9.84 Å². The second-order valence-corrected chi connectivity index (χ2v) is 5.09. The third-order valence-electron chi connectivity index (χ3n) is 3.32. The minimum atomic E-state index is -0.374. The van der Waals surface area contributed by atoms with Gasteiger partial charge in [-0.15, -0.1) is 0 Å². The van der Waals surface area contributed by atoms with Crippen LogP contribution in [-0.4, -0.2) is 5.11 Å². The van der Waals surface area contributed by atoms with E-state index >= 15 is 0 Å². The summed E-state index contributed by atoms with van der Waals surface area (Å²) in [6.45, 7) is 4.06. The molecule has 2 aromatic rings. The van der Waals surface area contributed by atoms with Crippen molar-refractivity contribution >= 4 is 11.6 Å². The minimum Gasteiger partial charge on any atom is -0.488 e. The summed E-state index contributed by atoms with van der Waals surface area (Å²) in [5.41, 5.74) is 3.50. The molecule has 0 aliphatic heterocycles. The van der Waals surface area contributed by atoms with Crippen molar-refractivity contribution in [1.82, 2.24) is 0 Å². The van der Waals surface area contributed by atoms with Crippen LogP contribution >= 0.6 is 11.6 Å². The summed E-state index contributed by atoms with van der Waals surface area (Å²) in [5.74, 6) is 0.287. The molecule has 2 aromatic carbocycles. The van der Waals surface area contributed by atoms with Crippen LogP contribution in [-0.2, 0) is 13.2 Å². The smallest absolute Gasteiger partial charge is 0.128 e. The summed E-state index contributed by atoms with van der Waals surface area (Å²) in [6, 6.07) is 7.99. The zero-order chi connectivity index (χ0) is 14.7. The molecule has 0 heterocycles. The molecule has 106 valence electrons. The molecule has 0 aliphatic rings. The molecule has 0 atom stereocenters. The van der Waals surface area contributed by atoms with Crippen molar-refractivity contribution in [2.24, 2.45) is 0 Å². The molecule has 2 nitrogen and oxygen atoms in total. The highest BCUT2D eigenvalue weighted by atomic mass is 35.5. The Balaban J connectivity index is 2.24. The maximum Gasteiger partial charge on any atom is 0.128 e. The van der Waals surface area contributed by atoms with Crippen LogP contribution in [0.5, 0.6) is 5.75 Å². The van der Waals surface area contributed by atoms with E-state index in [9.17, 15) is 9.50 Å². The number of hydrogen-bond acceptors (Lipinski definition) is 2. The number of aryl methyl sites for hydroxylation is 1. The molecule has 0 fully saturated rings. The van der Waals surface area contributed by atoms with Crippen molar-refractivity contribution in [3.63, 3.8) is 0 Å². The first-order valence-electron chi connectivity index (χ1n) is 6.29. The Labute approximate surface area is 122 Å². The van der Waals surface area contributed by atoms with Gasteiger partial charge in [0.1, 0.15) is 18.2 Å². The monoisotopic (exact) mass is 294 g/mol. The first kappa shape index (κ1) is 14.8. The molecule has 0 aromatic heterocycles. The van der Waals surface area contributed by atoms with Crippen LogP contribution in [0.1, 0.15) is 22.3 Å². The van der Waals surface area contributed by atoms with E-state index in [1.54, 1.807) is 6.07 Å². The van der Waals surface area contributed by atoms with Crippen LogP contribution in [0.25, 0.3) is 0 Å². The molecule has 0 spiro atoms. The van der Waals surface area contributed by atoms with Gasteiger partial charge in [-0.1, -0.05) is 29.8 Å². The quantitative estimate of drug-likeness (QED) is 0.917. The molecule has 4 heteroatoms. The van der Waals surface area contributed by atoms with Gasteiger partial charge >= 0.3 is 0 Å². The lowest BCUT2D eigenvalue weighted by Crippen LogP contribution is -2.02. The van der Waals surface area contributed by atoms with Crippen molar-refractivity contribution in [2.75, 3.05) is 0 Å². The average molecular weight is 295 g/mol. The van der Waals surface area contributed by atoms with Crippen LogP contribution in [0, 0.1) is 19.7 Å². The zero-order valence-corrected chi connectivity index (χ0v) is 12.2. The highest BCUT2D eigenvalue weighted by Crippen LogP contribution is 2.28. The second kappa shape index (κ2) is 6.25. The SMILES string of the molecule is Cc1ccc(CO)c(OCc2ccc(F)cc2Cl)c1C. The first-order chi connectivity index (χ1) is 9.52. The van der Waals surface area contributed by atoms with E-state index in [-0.39, 0.29) is 19.0 Å². The van der Waals surface area contributed by atoms with Gasteiger partial charge in [-0.05, 0) is 37.1 Å². The van der Waals surface area contributed by atoms with Gasteiger partial charge in [0.05, 0.1) is 11.6 Å². The molecule has 0 saturated carbocycles.